The van der Waals surface area contributed by atoms with Crippen LogP contribution in [0.25, 0.3) is 6.08 Å². The van der Waals surface area contributed by atoms with E-state index in [-0.39, 0.29) is 11.3 Å². The summed E-state index contributed by atoms with van der Waals surface area (Å²) in [6.07, 6.45) is 5.32. The molecular weight excluding hydrogens is 228 g/mol. The molecule has 1 aromatic carbocycles. The summed E-state index contributed by atoms with van der Waals surface area (Å²) in [5.74, 6) is -0.615. The molecule has 1 aromatic rings. The van der Waals surface area contributed by atoms with Gasteiger partial charge in [0.15, 0.2) is 0 Å². The zero-order valence-corrected chi connectivity index (χ0v) is 9.94. The number of nitrogens with two attached hydrogens (primary N) is 1. The number of nitrogens with zero attached hydrogens (tertiary/aromatic N) is 1. The van der Waals surface area contributed by atoms with E-state index in [0.29, 0.717) is 5.56 Å². The molecule has 1 aliphatic rings. The van der Waals surface area contributed by atoms with E-state index in [1.807, 2.05) is 6.07 Å². The molecule has 0 unspecified atom stereocenters. The van der Waals surface area contributed by atoms with Crippen LogP contribution in [0.3, 0.4) is 0 Å². The predicted octanol–water partition coefficient (Wildman–Crippen LogP) is 1.66. The van der Waals surface area contributed by atoms with Crippen LogP contribution in [0.4, 0.5) is 0 Å². The Morgan fingerprint density at radius 1 is 1.39 bits per heavy atom. The van der Waals surface area contributed by atoms with Gasteiger partial charge >= 0.3 is 0 Å². The van der Waals surface area contributed by atoms with Gasteiger partial charge in [-0.05, 0) is 42.9 Å². The third kappa shape index (κ3) is 2.21. The molecule has 0 fully saturated rings. The summed E-state index contributed by atoms with van der Waals surface area (Å²) in [6.45, 7) is 0. The Balaban J connectivity index is 2.48. The first kappa shape index (κ1) is 12.2. The largest absolute Gasteiger partial charge is 0.507 e. The van der Waals surface area contributed by atoms with Gasteiger partial charge in [-0.25, -0.2) is 0 Å². The lowest BCUT2D eigenvalue weighted by Gasteiger charge is -2.18. The predicted molar refractivity (Wildman–Crippen MR) is 67.5 cm³/mol. The van der Waals surface area contributed by atoms with Crippen LogP contribution in [0.2, 0.25) is 0 Å². The fourth-order valence-electron chi connectivity index (χ4n) is 2.26. The van der Waals surface area contributed by atoms with Crippen molar-refractivity contribution in [3.05, 3.63) is 34.4 Å². The smallest absolute Gasteiger partial charge is 0.259 e. The minimum atomic E-state index is -0.783. The van der Waals surface area contributed by atoms with Crippen LogP contribution in [0, 0.1) is 11.3 Å². The first-order valence-electron chi connectivity index (χ1n) is 5.89. The maximum absolute atomic E-state index is 11.0. The lowest BCUT2D eigenvalue weighted by atomic mass is 9.89. The molecule has 92 valence electrons. The van der Waals surface area contributed by atoms with Gasteiger partial charge in [-0.15, -0.1) is 0 Å². The van der Waals surface area contributed by atoms with Crippen molar-refractivity contribution in [2.24, 2.45) is 5.73 Å². The van der Waals surface area contributed by atoms with Gasteiger partial charge in [-0.1, -0.05) is 12.1 Å². The standard InChI is InChI=1S/C14H14N2O2/c15-8-11(14(16)18)7-10-6-5-9-3-1-2-4-12(9)13(10)17/h5-7,17H,1-4H2,(H2,16,18). The molecule has 0 aliphatic heterocycles. The van der Waals surface area contributed by atoms with Crippen LogP contribution in [0.15, 0.2) is 17.7 Å². The average Bonchev–Trinajstić information content (AvgIpc) is 2.38. The quantitative estimate of drug-likeness (QED) is 0.610. The molecule has 0 aromatic heterocycles. The number of hydrogen-bond acceptors (Lipinski definition) is 3. The normalized spacial score (nSPS) is 14.7. The molecule has 2 rings (SSSR count). The van der Waals surface area contributed by atoms with Gasteiger partial charge in [0.1, 0.15) is 17.4 Å². The summed E-state index contributed by atoms with van der Waals surface area (Å²) in [5, 5.41) is 18.9. The maximum Gasteiger partial charge on any atom is 0.259 e. The summed E-state index contributed by atoms with van der Waals surface area (Å²) in [5.41, 5.74) is 7.47. The Bertz CT molecular complexity index is 568. The highest BCUT2D eigenvalue weighted by Crippen LogP contribution is 2.32. The van der Waals surface area contributed by atoms with E-state index in [1.165, 1.54) is 6.08 Å². The van der Waals surface area contributed by atoms with Gasteiger partial charge in [-0.2, -0.15) is 5.26 Å². The van der Waals surface area contributed by atoms with E-state index in [1.54, 1.807) is 12.1 Å². The summed E-state index contributed by atoms with van der Waals surface area (Å²) in [7, 11) is 0. The number of phenols is 1. The molecule has 0 heterocycles. The summed E-state index contributed by atoms with van der Waals surface area (Å²) < 4.78 is 0. The van der Waals surface area contributed by atoms with E-state index in [0.717, 1.165) is 36.8 Å². The van der Waals surface area contributed by atoms with E-state index in [9.17, 15) is 9.90 Å². The number of fused-ring (bicyclic) bond motifs is 1. The van der Waals surface area contributed by atoms with Crippen LogP contribution in [0.5, 0.6) is 5.75 Å². The van der Waals surface area contributed by atoms with Gasteiger partial charge in [0.2, 0.25) is 0 Å². The SMILES string of the molecule is N#CC(=Cc1ccc2c(c1O)CCCC2)C(N)=O. The van der Waals surface area contributed by atoms with Crippen LogP contribution < -0.4 is 5.73 Å². The van der Waals surface area contributed by atoms with Crippen molar-refractivity contribution in [1.29, 1.82) is 5.26 Å². The van der Waals surface area contributed by atoms with Crippen molar-refractivity contribution in [1.82, 2.24) is 0 Å². The molecule has 0 atom stereocenters. The number of aromatic hydroxyl groups is 1. The average molecular weight is 242 g/mol. The Hall–Kier alpha value is -2.28. The molecule has 0 radical (unpaired) electrons. The number of primary amides is 1. The zero-order chi connectivity index (χ0) is 13.1. The third-order valence-electron chi connectivity index (χ3n) is 3.22. The van der Waals surface area contributed by atoms with Gasteiger partial charge in [-0.3, -0.25) is 4.79 Å². The van der Waals surface area contributed by atoms with Gasteiger partial charge in [0, 0.05) is 5.56 Å². The maximum atomic E-state index is 11.0. The Morgan fingerprint density at radius 3 is 2.78 bits per heavy atom. The van der Waals surface area contributed by atoms with Crippen molar-refractivity contribution < 1.29 is 9.90 Å². The lowest BCUT2D eigenvalue weighted by molar-refractivity contribution is -0.114. The zero-order valence-electron chi connectivity index (χ0n) is 9.94. The second kappa shape index (κ2) is 4.92. The highest BCUT2D eigenvalue weighted by Gasteiger charge is 2.16. The second-order valence-electron chi connectivity index (χ2n) is 4.38. The third-order valence-corrected chi connectivity index (χ3v) is 3.22. The molecule has 0 spiro atoms. The van der Waals surface area contributed by atoms with E-state index < -0.39 is 5.91 Å². The number of rotatable bonds is 2. The van der Waals surface area contributed by atoms with Crippen molar-refractivity contribution in [2.45, 2.75) is 25.7 Å². The summed E-state index contributed by atoms with van der Waals surface area (Å²) >= 11 is 0. The molecule has 4 nitrogen and oxygen atoms in total. The molecule has 18 heavy (non-hydrogen) atoms. The van der Waals surface area contributed by atoms with Crippen LogP contribution >= 0.6 is 0 Å². The number of phenolic OH excluding ortho intramolecular Hbond substituents is 1. The van der Waals surface area contributed by atoms with Crippen LogP contribution in [-0.4, -0.2) is 11.0 Å². The number of aryl methyl sites for hydroxylation is 1. The van der Waals surface area contributed by atoms with Crippen molar-refractivity contribution in [3.63, 3.8) is 0 Å². The molecule has 4 heteroatoms. The summed E-state index contributed by atoms with van der Waals surface area (Å²) in [4.78, 5) is 11.0. The second-order valence-corrected chi connectivity index (χ2v) is 4.38. The fraction of sp³-hybridized carbons (Fsp3) is 0.286. The topological polar surface area (TPSA) is 87.1 Å². The van der Waals surface area contributed by atoms with Crippen molar-refractivity contribution >= 4 is 12.0 Å². The Kier molecular flexibility index (Phi) is 3.33. The minimum absolute atomic E-state index is 0.152. The molecule has 1 amide bonds. The Labute approximate surface area is 105 Å². The van der Waals surface area contributed by atoms with E-state index in [4.69, 9.17) is 11.0 Å². The van der Waals surface area contributed by atoms with Gasteiger partial charge in [0.25, 0.3) is 5.91 Å². The number of carbonyl (C=O) groups is 1. The molecule has 0 bridgehead atoms. The highest BCUT2D eigenvalue weighted by molar-refractivity contribution is 6.00. The number of carbonyl (C=O) groups excluding carboxylic acids is 1. The number of amides is 1. The van der Waals surface area contributed by atoms with Gasteiger partial charge in [0.05, 0.1) is 0 Å². The van der Waals surface area contributed by atoms with Crippen LogP contribution in [-0.2, 0) is 17.6 Å². The van der Waals surface area contributed by atoms with E-state index in [2.05, 4.69) is 0 Å². The molecule has 0 saturated carbocycles. The lowest BCUT2D eigenvalue weighted by Crippen LogP contribution is -2.12. The highest BCUT2D eigenvalue weighted by atomic mass is 16.3. The number of hydrogen-bond donors (Lipinski definition) is 2. The molecule has 3 N–H and O–H groups in total. The Morgan fingerprint density at radius 2 is 2.11 bits per heavy atom. The molecule has 0 saturated heterocycles. The van der Waals surface area contributed by atoms with Crippen molar-refractivity contribution in [3.8, 4) is 11.8 Å². The van der Waals surface area contributed by atoms with E-state index >= 15 is 0 Å². The summed E-state index contributed by atoms with van der Waals surface area (Å²) in [6, 6.07) is 5.40. The molecule has 1 aliphatic carbocycles. The number of nitriles is 1. The molecular formula is C14H14N2O2. The van der Waals surface area contributed by atoms with Crippen LogP contribution in [0.1, 0.15) is 29.5 Å². The minimum Gasteiger partial charge on any atom is -0.507 e. The first-order valence-corrected chi connectivity index (χ1v) is 5.89. The fourth-order valence-corrected chi connectivity index (χ4v) is 2.26. The monoisotopic (exact) mass is 242 g/mol. The number of benzene rings is 1. The van der Waals surface area contributed by atoms with Gasteiger partial charge < -0.3 is 10.8 Å². The van der Waals surface area contributed by atoms with Crippen molar-refractivity contribution in [2.75, 3.05) is 0 Å². The first-order chi connectivity index (χ1) is 8.63.